The molecule has 0 saturated carbocycles. The van der Waals surface area contributed by atoms with E-state index in [0.717, 1.165) is 35.5 Å². The Hall–Kier alpha value is -1.91. The fourth-order valence-electron chi connectivity index (χ4n) is 2.70. The first-order valence-corrected chi connectivity index (χ1v) is 6.66. The summed E-state index contributed by atoms with van der Waals surface area (Å²) in [4.78, 5) is 0. The van der Waals surface area contributed by atoms with Crippen LogP contribution in [0.4, 0.5) is 4.39 Å². The van der Waals surface area contributed by atoms with Crippen LogP contribution in [0.2, 0.25) is 0 Å². The van der Waals surface area contributed by atoms with E-state index in [0.29, 0.717) is 0 Å². The Bertz CT molecular complexity index is 622. The molecule has 0 amide bonds. The first-order chi connectivity index (χ1) is 9.67. The van der Waals surface area contributed by atoms with Crippen molar-refractivity contribution in [2.75, 3.05) is 6.61 Å². The molecule has 0 aliphatic carbocycles. The Balaban J connectivity index is 2.01. The van der Waals surface area contributed by atoms with E-state index in [4.69, 9.17) is 10.6 Å². The number of nitrogens with two attached hydrogens (primary N) is 1. The summed E-state index contributed by atoms with van der Waals surface area (Å²) < 4.78 is 19.1. The molecule has 104 valence electrons. The minimum Gasteiger partial charge on any atom is -0.493 e. The maximum atomic E-state index is 13.6. The second-order valence-electron chi connectivity index (χ2n) is 5.13. The Morgan fingerprint density at radius 1 is 1.20 bits per heavy atom. The highest BCUT2D eigenvalue weighted by atomic mass is 19.1. The minimum absolute atomic E-state index is 0.227. The molecular formula is C16H17FN2O. The number of nitrogens with one attached hydrogen (secondary N) is 1. The highest BCUT2D eigenvalue weighted by Gasteiger charge is 2.18. The molecule has 0 fully saturated rings. The molecule has 1 unspecified atom stereocenters. The number of rotatable bonds is 3. The van der Waals surface area contributed by atoms with E-state index in [9.17, 15) is 4.39 Å². The minimum atomic E-state index is -0.246. The standard InChI is InChI=1S/C16H17FN2O/c1-10-6-13(9-14(17)7-10)16(19-18)12-2-3-15-11(8-12)4-5-20-15/h2-3,6-9,16,19H,4-5,18H2,1H3. The number of ether oxygens (including phenoxy) is 1. The molecule has 3 N–H and O–H groups in total. The van der Waals surface area contributed by atoms with Crippen LogP contribution in [0.15, 0.2) is 36.4 Å². The highest BCUT2D eigenvalue weighted by molar-refractivity contribution is 5.43. The third-order valence-corrected chi connectivity index (χ3v) is 3.61. The summed E-state index contributed by atoms with van der Waals surface area (Å²) in [5.74, 6) is 6.36. The van der Waals surface area contributed by atoms with Crippen LogP contribution >= 0.6 is 0 Å². The Morgan fingerprint density at radius 3 is 2.80 bits per heavy atom. The average Bonchev–Trinajstić information content (AvgIpc) is 2.86. The fraction of sp³-hybridized carbons (Fsp3) is 0.250. The number of fused-ring (bicyclic) bond motifs is 1. The van der Waals surface area contributed by atoms with Gasteiger partial charge in [0.2, 0.25) is 0 Å². The first kappa shape index (κ1) is 13.1. The van der Waals surface area contributed by atoms with Gasteiger partial charge in [0.05, 0.1) is 12.6 Å². The van der Waals surface area contributed by atoms with Crippen LogP contribution in [0.25, 0.3) is 0 Å². The molecule has 20 heavy (non-hydrogen) atoms. The van der Waals surface area contributed by atoms with E-state index in [1.807, 2.05) is 25.1 Å². The van der Waals surface area contributed by atoms with Crippen molar-refractivity contribution in [2.45, 2.75) is 19.4 Å². The van der Waals surface area contributed by atoms with Gasteiger partial charge in [0.15, 0.2) is 0 Å². The Labute approximate surface area is 117 Å². The van der Waals surface area contributed by atoms with Gasteiger partial charge >= 0.3 is 0 Å². The van der Waals surface area contributed by atoms with E-state index in [2.05, 4.69) is 11.5 Å². The molecule has 2 aromatic carbocycles. The summed E-state index contributed by atoms with van der Waals surface area (Å²) in [5, 5.41) is 0. The molecule has 0 bridgehead atoms. The molecule has 1 aliphatic rings. The summed E-state index contributed by atoms with van der Waals surface area (Å²) >= 11 is 0. The largest absolute Gasteiger partial charge is 0.493 e. The molecule has 1 aliphatic heterocycles. The van der Waals surface area contributed by atoms with Crippen LogP contribution < -0.4 is 16.0 Å². The van der Waals surface area contributed by atoms with Crippen LogP contribution in [0.5, 0.6) is 5.75 Å². The van der Waals surface area contributed by atoms with E-state index in [-0.39, 0.29) is 11.9 Å². The smallest absolute Gasteiger partial charge is 0.123 e. The lowest BCUT2D eigenvalue weighted by molar-refractivity contribution is 0.357. The van der Waals surface area contributed by atoms with Crippen LogP contribution in [0, 0.1) is 12.7 Å². The van der Waals surface area contributed by atoms with Crippen LogP contribution in [-0.4, -0.2) is 6.61 Å². The third kappa shape index (κ3) is 2.40. The van der Waals surface area contributed by atoms with Gasteiger partial charge in [0, 0.05) is 6.42 Å². The van der Waals surface area contributed by atoms with Crippen LogP contribution in [0.3, 0.4) is 0 Å². The molecule has 3 rings (SSSR count). The second-order valence-corrected chi connectivity index (χ2v) is 5.13. The maximum absolute atomic E-state index is 13.6. The lowest BCUT2D eigenvalue weighted by Gasteiger charge is -2.18. The fourth-order valence-corrected chi connectivity index (χ4v) is 2.70. The summed E-state index contributed by atoms with van der Waals surface area (Å²) in [6.07, 6.45) is 0.905. The van der Waals surface area contributed by atoms with Crippen molar-refractivity contribution in [3.8, 4) is 5.75 Å². The summed E-state index contributed by atoms with van der Waals surface area (Å²) in [5.41, 5.74) is 6.67. The number of benzene rings is 2. The summed E-state index contributed by atoms with van der Waals surface area (Å²) in [7, 11) is 0. The van der Waals surface area contributed by atoms with Gasteiger partial charge in [-0.2, -0.15) is 0 Å². The zero-order valence-electron chi connectivity index (χ0n) is 11.3. The van der Waals surface area contributed by atoms with Gasteiger partial charge in [0.25, 0.3) is 0 Å². The Morgan fingerprint density at radius 2 is 2.05 bits per heavy atom. The average molecular weight is 272 g/mol. The quantitative estimate of drug-likeness (QED) is 0.667. The van der Waals surface area contributed by atoms with E-state index in [1.54, 1.807) is 0 Å². The zero-order chi connectivity index (χ0) is 14.1. The van der Waals surface area contributed by atoms with Gasteiger partial charge in [-0.05, 0) is 47.4 Å². The van der Waals surface area contributed by atoms with Crippen molar-refractivity contribution in [3.63, 3.8) is 0 Å². The Kier molecular flexibility index (Phi) is 3.42. The number of hydrogen-bond donors (Lipinski definition) is 2. The number of hydrazine groups is 1. The van der Waals surface area contributed by atoms with Crippen molar-refractivity contribution < 1.29 is 9.13 Å². The molecule has 0 radical (unpaired) electrons. The van der Waals surface area contributed by atoms with Crippen molar-refractivity contribution in [3.05, 3.63) is 64.5 Å². The van der Waals surface area contributed by atoms with E-state index in [1.165, 1.54) is 17.7 Å². The molecule has 1 heterocycles. The molecule has 0 saturated heterocycles. The summed E-state index contributed by atoms with van der Waals surface area (Å²) in [6.45, 7) is 2.59. The monoisotopic (exact) mass is 272 g/mol. The van der Waals surface area contributed by atoms with E-state index < -0.39 is 0 Å². The molecule has 3 nitrogen and oxygen atoms in total. The van der Waals surface area contributed by atoms with Gasteiger partial charge in [0.1, 0.15) is 11.6 Å². The van der Waals surface area contributed by atoms with Crippen LogP contribution in [0.1, 0.15) is 28.3 Å². The van der Waals surface area contributed by atoms with E-state index >= 15 is 0 Å². The number of halogens is 1. The molecule has 0 aromatic heterocycles. The molecular weight excluding hydrogens is 255 g/mol. The van der Waals surface area contributed by atoms with Gasteiger partial charge < -0.3 is 4.74 Å². The summed E-state index contributed by atoms with van der Waals surface area (Å²) in [6, 6.07) is 10.7. The zero-order valence-corrected chi connectivity index (χ0v) is 11.3. The SMILES string of the molecule is Cc1cc(F)cc(C(NN)c2ccc3c(c2)CCO3)c1. The van der Waals surface area contributed by atoms with Gasteiger partial charge in [-0.3, -0.25) is 5.84 Å². The van der Waals surface area contributed by atoms with Gasteiger partial charge in [-0.25, -0.2) is 9.82 Å². The highest BCUT2D eigenvalue weighted by Crippen LogP contribution is 2.30. The lowest BCUT2D eigenvalue weighted by atomic mass is 9.96. The van der Waals surface area contributed by atoms with Gasteiger partial charge in [-0.15, -0.1) is 0 Å². The predicted molar refractivity (Wildman–Crippen MR) is 75.9 cm³/mol. The normalized spacial score (nSPS) is 14.8. The maximum Gasteiger partial charge on any atom is 0.123 e. The van der Waals surface area contributed by atoms with Crippen molar-refractivity contribution in [1.29, 1.82) is 0 Å². The van der Waals surface area contributed by atoms with Crippen molar-refractivity contribution in [2.24, 2.45) is 5.84 Å². The second kappa shape index (κ2) is 5.23. The molecule has 4 heteroatoms. The molecule has 1 atom stereocenters. The molecule has 0 spiro atoms. The van der Waals surface area contributed by atoms with Gasteiger partial charge in [-0.1, -0.05) is 18.2 Å². The van der Waals surface area contributed by atoms with Crippen molar-refractivity contribution >= 4 is 0 Å². The predicted octanol–water partition coefficient (Wildman–Crippen LogP) is 2.62. The third-order valence-electron chi connectivity index (χ3n) is 3.61. The van der Waals surface area contributed by atoms with Crippen molar-refractivity contribution in [1.82, 2.24) is 5.43 Å². The molecule has 2 aromatic rings. The lowest BCUT2D eigenvalue weighted by Crippen LogP contribution is -2.29. The number of hydrogen-bond acceptors (Lipinski definition) is 3. The topological polar surface area (TPSA) is 47.3 Å². The van der Waals surface area contributed by atoms with Crippen LogP contribution in [-0.2, 0) is 6.42 Å². The first-order valence-electron chi connectivity index (χ1n) is 6.66. The number of aryl methyl sites for hydroxylation is 1.